The third-order valence-corrected chi connectivity index (χ3v) is 4.65. The Bertz CT molecular complexity index is 491. The third-order valence-electron chi connectivity index (χ3n) is 4.65. The van der Waals surface area contributed by atoms with Gasteiger partial charge in [0.2, 0.25) is 0 Å². The van der Waals surface area contributed by atoms with Crippen molar-refractivity contribution < 1.29 is 9.53 Å². The van der Waals surface area contributed by atoms with Gasteiger partial charge in [0.15, 0.2) is 6.61 Å². The van der Waals surface area contributed by atoms with E-state index in [2.05, 4.69) is 11.4 Å². The van der Waals surface area contributed by atoms with Gasteiger partial charge in [0.05, 0.1) is 0 Å². The molecule has 0 heterocycles. The number of fused-ring (bicyclic) bond motifs is 2. The Hall–Kier alpha value is -1.51. The zero-order valence-corrected chi connectivity index (χ0v) is 12.3. The largest absolute Gasteiger partial charge is 0.484 e. The van der Waals surface area contributed by atoms with Crippen molar-refractivity contribution in [3.63, 3.8) is 0 Å². The molecule has 2 saturated carbocycles. The molecule has 0 spiro atoms. The molecule has 2 aliphatic carbocycles. The van der Waals surface area contributed by atoms with Gasteiger partial charge in [-0.3, -0.25) is 4.79 Å². The molecule has 0 saturated heterocycles. The first-order valence-electron chi connectivity index (χ1n) is 7.60. The Balaban J connectivity index is 1.49. The topological polar surface area (TPSA) is 38.3 Å². The smallest absolute Gasteiger partial charge is 0.258 e. The van der Waals surface area contributed by atoms with Gasteiger partial charge in [0, 0.05) is 6.04 Å². The molecule has 1 aromatic carbocycles. The summed E-state index contributed by atoms with van der Waals surface area (Å²) in [6, 6.07) is 6.43. The maximum Gasteiger partial charge on any atom is 0.258 e. The highest BCUT2D eigenvalue weighted by Crippen LogP contribution is 2.44. The molecule has 0 aromatic heterocycles. The van der Waals surface area contributed by atoms with Crippen LogP contribution in [0.15, 0.2) is 18.2 Å². The highest BCUT2D eigenvalue weighted by atomic mass is 16.5. The van der Waals surface area contributed by atoms with E-state index in [9.17, 15) is 4.79 Å². The van der Waals surface area contributed by atoms with Gasteiger partial charge in [0.25, 0.3) is 5.91 Å². The van der Waals surface area contributed by atoms with E-state index in [0.29, 0.717) is 12.0 Å². The molecule has 2 bridgehead atoms. The van der Waals surface area contributed by atoms with Crippen LogP contribution in [0, 0.1) is 25.7 Å². The van der Waals surface area contributed by atoms with Crippen molar-refractivity contribution in [2.24, 2.45) is 11.8 Å². The van der Waals surface area contributed by atoms with Gasteiger partial charge in [-0.05, 0) is 68.2 Å². The van der Waals surface area contributed by atoms with Crippen LogP contribution in [-0.4, -0.2) is 18.6 Å². The van der Waals surface area contributed by atoms with Gasteiger partial charge in [-0.15, -0.1) is 0 Å². The van der Waals surface area contributed by atoms with Gasteiger partial charge in [-0.25, -0.2) is 0 Å². The van der Waals surface area contributed by atoms with Gasteiger partial charge in [0.1, 0.15) is 5.75 Å². The van der Waals surface area contributed by atoms with E-state index in [1.54, 1.807) is 0 Å². The van der Waals surface area contributed by atoms with Crippen LogP contribution in [-0.2, 0) is 4.79 Å². The fourth-order valence-electron chi connectivity index (χ4n) is 3.84. The molecule has 0 unspecified atom stereocenters. The van der Waals surface area contributed by atoms with Crippen LogP contribution in [0.3, 0.4) is 0 Å². The van der Waals surface area contributed by atoms with E-state index in [1.807, 2.05) is 26.0 Å². The lowest BCUT2D eigenvalue weighted by Gasteiger charge is -2.22. The van der Waals surface area contributed by atoms with Crippen LogP contribution in [0.4, 0.5) is 0 Å². The van der Waals surface area contributed by atoms with E-state index in [1.165, 1.54) is 25.7 Å². The summed E-state index contributed by atoms with van der Waals surface area (Å²) in [6.07, 6.45) is 5.12. The highest BCUT2D eigenvalue weighted by Gasteiger charge is 2.40. The number of rotatable bonds is 4. The summed E-state index contributed by atoms with van der Waals surface area (Å²) in [5.41, 5.74) is 2.32. The zero-order valence-electron chi connectivity index (χ0n) is 12.3. The van der Waals surface area contributed by atoms with E-state index in [4.69, 9.17) is 4.74 Å². The maximum atomic E-state index is 12.0. The molecule has 3 atom stereocenters. The van der Waals surface area contributed by atoms with Crippen LogP contribution in [0.25, 0.3) is 0 Å². The molecule has 3 nitrogen and oxygen atoms in total. The van der Waals surface area contributed by atoms with Gasteiger partial charge in [-0.1, -0.05) is 12.5 Å². The van der Waals surface area contributed by atoms with Crippen molar-refractivity contribution >= 4 is 5.91 Å². The minimum Gasteiger partial charge on any atom is -0.484 e. The molecule has 1 amide bonds. The molecule has 1 N–H and O–H groups in total. The molecule has 1 aromatic rings. The van der Waals surface area contributed by atoms with E-state index < -0.39 is 0 Å². The summed E-state index contributed by atoms with van der Waals surface area (Å²) < 4.78 is 5.61. The molecule has 0 radical (unpaired) electrons. The average Bonchev–Trinajstić information content (AvgIpc) is 2.97. The number of amides is 1. The number of ether oxygens (including phenoxy) is 1. The van der Waals surface area contributed by atoms with Crippen LogP contribution >= 0.6 is 0 Å². The normalized spacial score (nSPS) is 27.6. The lowest BCUT2D eigenvalue weighted by atomic mass is 9.95. The SMILES string of the molecule is Cc1cc(C)cc(OCC(=O)N[C@@H]2C[C@H]3CC[C@@H]2C3)c1. The minimum atomic E-state index is 0.0155. The fraction of sp³-hybridized carbons (Fsp3) is 0.588. The first-order valence-corrected chi connectivity index (χ1v) is 7.60. The number of benzene rings is 1. The number of carbonyl (C=O) groups is 1. The Morgan fingerprint density at radius 3 is 2.55 bits per heavy atom. The van der Waals surface area contributed by atoms with Crippen molar-refractivity contribution in [1.82, 2.24) is 5.32 Å². The summed E-state index contributed by atoms with van der Waals surface area (Å²) in [4.78, 5) is 12.0. The summed E-state index contributed by atoms with van der Waals surface area (Å²) in [5, 5.41) is 3.15. The van der Waals surface area contributed by atoms with Crippen LogP contribution in [0.5, 0.6) is 5.75 Å². The lowest BCUT2D eigenvalue weighted by molar-refractivity contribution is -0.124. The van der Waals surface area contributed by atoms with Gasteiger partial charge < -0.3 is 10.1 Å². The van der Waals surface area contributed by atoms with E-state index >= 15 is 0 Å². The second kappa shape index (κ2) is 5.47. The van der Waals surface area contributed by atoms with Crippen LogP contribution in [0.1, 0.15) is 36.8 Å². The Morgan fingerprint density at radius 2 is 1.95 bits per heavy atom. The predicted octanol–water partition coefficient (Wildman–Crippen LogP) is 2.99. The Labute approximate surface area is 120 Å². The zero-order chi connectivity index (χ0) is 14.1. The van der Waals surface area contributed by atoms with Crippen molar-refractivity contribution in [3.05, 3.63) is 29.3 Å². The summed E-state index contributed by atoms with van der Waals surface area (Å²) >= 11 is 0. The minimum absolute atomic E-state index is 0.0155. The number of hydrogen-bond acceptors (Lipinski definition) is 2. The van der Waals surface area contributed by atoms with E-state index in [0.717, 1.165) is 22.8 Å². The second-order valence-electron chi connectivity index (χ2n) is 6.46. The summed E-state index contributed by atoms with van der Waals surface area (Å²) in [6.45, 7) is 4.20. The molecular formula is C17H23NO2. The molecule has 2 fully saturated rings. The molecule has 3 heteroatoms. The first kappa shape index (κ1) is 13.5. The number of carbonyl (C=O) groups excluding carboxylic acids is 1. The average molecular weight is 273 g/mol. The number of nitrogens with one attached hydrogen (secondary N) is 1. The van der Waals surface area contributed by atoms with Crippen LogP contribution < -0.4 is 10.1 Å². The molecule has 2 aliphatic rings. The number of hydrogen-bond donors (Lipinski definition) is 1. The van der Waals surface area contributed by atoms with Gasteiger partial charge in [-0.2, -0.15) is 0 Å². The Morgan fingerprint density at radius 1 is 1.20 bits per heavy atom. The van der Waals surface area contributed by atoms with Crippen LogP contribution in [0.2, 0.25) is 0 Å². The third kappa shape index (κ3) is 2.97. The quantitative estimate of drug-likeness (QED) is 0.916. The van der Waals surface area contributed by atoms with Crippen molar-refractivity contribution in [1.29, 1.82) is 0 Å². The maximum absolute atomic E-state index is 12.0. The highest BCUT2D eigenvalue weighted by molar-refractivity contribution is 5.78. The van der Waals surface area contributed by atoms with Crippen molar-refractivity contribution in [3.8, 4) is 5.75 Å². The monoisotopic (exact) mass is 273 g/mol. The molecular weight excluding hydrogens is 250 g/mol. The predicted molar refractivity (Wildman–Crippen MR) is 78.8 cm³/mol. The van der Waals surface area contributed by atoms with Crippen molar-refractivity contribution in [2.45, 2.75) is 45.6 Å². The second-order valence-corrected chi connectivity index (χ2v) is 6.46. The number of aryl methyl sites for hydroxylation is 2. The Kier molecular flexibility index (Phi) is 3.68. The molecule has 0 aliphatic heterocycles. The molecule has 108 valence electrons. The standard InChI is InChI=1S/C17H23NO2/c1-11-5-12(2)7-15(6-11)20-10-17(19)18-16-9-13-3-4-14(16)8-13/h5-7,13-14,16H,3-4,8-10H2,1-2H3,(H,18,19)/t13-,14+,16+/m0/s1. The summed E-state index contributed by atoms with van der Waals surface area (Å²) in [7, 11) is 0. The van der Waals surface area contributed by atoms with E-state index in [-0.39, 0.29) is 12.5 Å². The van der Waals surface area contributed by atoms with Gasteiger partial charge >= 0.3 is 0 Å². The molecule has 3 rings (SSSR count). The fourth-order valence-corrected chi connectivity index (χ4v) is 3.84. The first-order chi connectivity index (χ1) is 9.60. The molecule has 20 heavy (non-hydrogen) atoms. The lowest BCUT2D eigenvalue weighted by Crippen LogP contribution is -2.40. The van der Waals surface area contributed by atoms with Crippen molar-refractivity contribution in [2.75, 3.05) is 6.61 Å². The summed E-state index contributed by atoms with van der Waals surface area (Å²) in [5.74, 6) is 2.36.